The maximum atomic E-state index is 5.90. The third kappa shape index (κ3) is 2.97. The third-order valence-corrected chi connectivity index (χ3v) is 3.56. The van der Waals surface area contributed by atoms with Crippen LogP contribution in [0.5, 0.6) is 0 Å². The molecule has 3 nitrogen and oxygen atoms in total. The van der Waals surface area contributed by atoms with Gasteiger partial charge >= 0.3 is 0 Å². The number of fused-ring (bicyclic) bond motifs is 1. The Morgan fingerprint density at radius 1 is 1.00 bits per heavy atom. The van der Waals surface area contributed by atoms with Crippen molar-refractivity contribution >= 4 is 22.3 Å². The molecule has 1 aromatic heterocycles. The van der Waals surface area contributed by atoms with Crippen molar-refractivity contribution in [3.8, 4) is 0 Å². The molecule has 3 aromatic rings. The summed E-state index contributed by atoms with van der Waals surface area (Å²) < 4.78 is 0. The topological polar surface area (TPSA) is 50.9 Å². The Balaban J connectivity index is 1.92. The molecule has 106 valence electrons. The summed E-state index contributed by atoms with van der Waals surface area (Å²) in [6.07, 6.45) is 0. The van der Waals surface area contributed by atoms with Crippen molar-refractivity contribution in [2.45, 2.75) is 20.4 Å². The highest BCUT2D eigenvalue weighted by Gasteiger charge is 2.04. The fourth-order valence-electron chi connectivity index (χ4n) is 2.43. The Morgan fingerprint density at radius 3 is 2.52 bits per heavy atom. The minimum atomic E-state index is 0.756. The van der Waals surface area contributed by atoms with E-state index in [0.29, 0.717) is 0 Å². The van der Waals surface area contributed by atoms with E-state index in [2.05, 4.69) is 47.6 Å². The highest BCUT2D eigenvalue weighted by molar-refractivity contribution is 5.93. The average Bonchev–Trinajstić information content (AvgIpc) is 2.47. The lowest BCUT2D eigenvalue weighted by molar-refractivity contribution is 1.14. The number of benzene rings is 2. The zero-order chi connectivity index (χ0) is 14.8. The van der Waals surface area contributed by atoms with Gasteiger partial charge < -0.3 is 11.1 Å². The summed E-state index contributed by atoms with van der Waals surface area (Å²) in [7, 11) is 0. The Bertz CT molecular complexity index is 776. The number of hydrogen-bond acceptors (Lipinski definition) is 3. The zero-order valence-corrected chi connectivity index (χ0v) is 12.4. The minimum absolute atomic E-state index is 0.756. The van der Waals surface area contributed by atoms with Crippen LogP contribution in [0.15, 0.2) is 48.5 Å². The highest BCUT2D eigenvalue weighted by Crippen LogP contribution is 2.25. The van der Waals surface area contributed by atoms with E-state index in [-0.39, 0.29) is 0 Å². The number of nitrogens with one attached hydrogen (secondary N) is 1. The van der Waals surface area contributed by atoms with Crippen molar-refractivity contribution in [2.24, 2.45) is 0 Å². The van der Waals surface area contributed by atoms with E-state index < -0.39 is 0 Å². The van der Waals surface area contributed by atoms with Gasteiger partial charge in [-0.05, 0) is 43.7 Å². The summed E-state index contributed by atoms with van der Waals surface area (Å²) in [5.41, 5.74) is 12.2. The predicted molar refractivity (Wildman–Crippen MR) is 89.4 cm³/mol. The molecular weight excluding hydrogens is 258 g/mol. The Hall–Kier alpha value is -2.55. The molecule has 3 rings (SSSR count). The number of aromatic nitrogens is 1. The number of nitrogen functional groups attached to an aromatic ring is 1. The van der Waals surface area contributed by atoms with Gasteiger partial charge in [0.1, 0.15) is 0 Å². The molecule has 0 fully saturated rings. The van der Waals surface area contributed by atoms with Crippen LogP contribution in [0.1, 0.15) is 16.8 Å². The molecule has 0 aliphatic carbocycles. The number of anilines is 2. The zero-order valence-electron chi connectivity index (χ0n) is 12.4. The standard InChI is InChI=1S/C18H19N3/c1-12-3-5-14(6-4-12)11-20-18-9-13(2)21-17-8-7-15(19)10-16(17)18/h3-10H,11,19H2,1-2H3,(H,20,21). The second-order valence-electron chi connectivity index (χ2n) is 5.43. The molecule has 0 unspecified atom stereocenters. The van der Waals surface area contributed by atoms with Gasteiger partial charge in [-0.3, -0.25) is 4.98 Å². The normalized spacial score (nSPS) is 10.8. The summed E-state index contributed by atoms with van der Waals surface area (Å²) in [6, 6.07) is 16.4. The number of nitrogens with zero attached hydrogens (tertiary/aromatic N) is 1. The molecule has 0 radical (unpaired) electrons. The molecular formula is C18H19N3. The van der Waals surface area contributed by atoms with E-state index in [9.17, 15) is 0 Å². The fourth-order valence-corrected chi connectivity index (χ4v) is 2.43. The van der Waals surface area contributed by atoms with Gasteiger partial charge in [0.25, 0.3) is 0 Å². The van der Waals surface area contributed by atoms with Crippen molar-refractivity contribution in [3.63, 3.8) is 0 Å². The largest absolute Gasteiger partial charge is 0.399 e. The fraction of sp³-hybridized carbons (Fsp3) is 0.167. The SMILES string of the molecule is Cc1ccc(CNc2cc(C)nc3ccc(N)cc23)cc1. The molecule has 2 aromatic carbocycles. The van der Waals surface area contributed by atoms with Gasteiger partial charge in [0, 0.05) is 29.0 Å². The first-order valence-electron chi connectivity index (χ1n) is 7.08. The molecule has 0 aliphatic rings. The maximum Gasteiger partial charge on any atom is 0.0727 e. The molecule has 21 heavy (non-hydrogen) atoms. The van der Waals surface area contributed by atoms with Gasteiger partial charge in [-0.2, -0.15) is 0 Å². The first kappa shape index (κ1) is 13.4. The lowest BCUT2D eigenvalue weighted by Gasteiger charge is -2.11. The Labute approximate surface area is 124 Å². The summed E-state index contributed by atoms with van der Waals surface area (Å²) in [5.74, 6) is 0. The number of pyridine rings is 1. The van der Waals surface area contributed by atoms with E-state index in [1.807, 2.05) is 25.1 Å². The quantitative estimate of drug-likeness (QED) is 0.710. The van der Waals surface area contributed by atoms with Gasteiger partial charge in [-0.1, -0.05) is 29.8 Å². The van der Waals surface area contributed by atoms with Crippen molar-refractivity contribution in [1.29, 1.82) is 0 Å². The molecule has 3 N–H and O–H groups in total. The van der Waals surface area contributed by atoms with Crippen LogP contribution < -0.4 is 11.1 Å². The number of hydrogen-bond donors (Lipinski definition) is 2. The average molecular weight is 277 g/mol. The molecule has 0 atom stereocenters. The van der Waals surface area contributed by atoms with Crippen LogP contribution in [-0.2, 0) is 6.54 Å². The molecule has 0 aliphatic heterocycles. The molecule has 0 saturated carbocycles. The van der Waals surface area contributed by atoms with Crippen LogP contribution in [0, 0.1) is 13.8 Å². The second kappa shape index (κ2) is 5.44. The van der Waals surface area contributed by atoms with Gasteiger partial charge in [-0.15, -0.1) is 0 Å². The number of rotatable bonds is 3. The van der Waals surface area contributed by atoms with Gasteiger partial charge in [0.05, 0.1) is 5.52 Å². The van der Waals surface area contributed by atoms with E-state index in [1.54, 1.807) is 0 Å². The number of nitrogens with two attached hydrogens (primary N) is 1. The first-order chi connectivity index (χ1) is 10.1. The maximum absolute atomic E-state index is 5.90. The van der Waals surface area contributed by atoms with E-state index >= 15 is 0 Å². The van der Waals surface area contributed by atoms with Gasteiger partial charge in [-0.25, -0.2) is 0 Å². The number of aryl methyl sites for hydroxylation is 2. The molecule has 1 heterocycles. The summed E-state index contributed by atoms with van der Waals surface area (Å²) in [6.45, 7) is 4.89. The lowest BCUT2D eigenvalue weighted by Crippen LogP contribution is -2.01. The summed E-state index contributed by atoms with van der Waals surface area (Å²) >= 11 is 0. The summed E-state index contributed by atoms with van der Waals surface area (Å²) in [5, 5.41) is 4.56. The molecule has 0 bridgehead atoms. The second-order valence-corrected chi connectivity index (χ2v) is 5.43. The van der Waals surface area contributed by atoms with Crippen molar-refractivity contribution < 1.29 is 0 Å². The Kier molecular flexibility index (Phi) is 3.48. The van der Waals surface area contributed by atoms with E-state index in [0.717, 1.165) is 34.5 Å². The van der Waals surface area contributed by atoms with Crippen molar-refractivity contribution in [2.75, 3.05) is 11.1 Å². The lowest BCUT2D eigenvalue weighted by atomic mass is 10.1. The van der Waals surface area contributed by atoms with E-state index in [4.69, 9.17) is 5.73 Å². The monoisotopic (exact) mass is 277 g/mol. The van der Waals surface area contributed by atoms with Crippen LogP contribution in [0.2, 0.25) is 0 Å². The van der Waals surface area contributed by atoms with Crippen LogP contribution in [0.4, 0.5) is 11.4 Å². The van der Waals surface area contributed by atoms with Crippen LogP contribution in [-0.4, -0.2) is 4.98 Å². The van der Waals surface area contributed by atoms with Crippen molar-refractivity contribution in [1.82, 2.24) is 4.98 Å². The van der Waals surface area contributed by atoms with E-state index in [1.165, 1.54) is 11.1 Å². The smallest absolute Gasteiger partial charge is 0.0727 e. The highest BCUT2D eigenvalue weighted by atomic mass is 14.9. The third-order valence-electron chi connectivity index (χ3n) is 3.56. The molecule has 0 spiro atoms. The Morgan fingerprint density at radius 2 is 1.76 bits per heavy atom. The summed E-state index contributed by atoms with van der Waals surface area (Å²) in [4.78, 5) is 4.55. The predicted octanol–water partition coefficient (Wildman–Crippen LogP) is 4.05. The van der Waals surface area contributed by atoms with Crippen LogP contribution >= 0.6 is 0 Å². The van der Waals surface area contributed by atoms with Crippen molar-refractivity contribution in [3.05, 3.63) is 65.4 Å². The minimum Gasteiger partial charge on any atom is -0.399 e. The van der Waals surface area contributed by atoms with Crippen LogP contribution in [0.3, 0.4) is 0 Å². The van der Waals surface area contributed by atoms with Crippen LogP contribution in [0.25, 0.3) is 10.9 Å². The molecule has 0 saturated heterocycles. The molecule has 3 heteroatoms. The first-order valence-corrected chi connectivity index (χ1v) is 7.08. The van der Waals surface area contributed by atoms with Gasteiger partial charge in [0.15, 0.2) is 0 Å². The van der Waals surface area contributed by atoms with Gasteiger partial charge in [0.2, 0.25) is 0 Å². The molecule has 0 amide bonds.